The van der Waals surface area contributed by atoms with Crippen molar-refractivity contribution < 1.29 is 9.84 Å². The molecule has 1 rings (SSSR count). The van der Waals surface area contributed by atoms with Crippen molar-refractivity contribution >= 4 is 6.08 Å². The zero-order valence-electron chi connectivity index (χ0n) is 12.0. The third-order valence-corrected chi connectivity index (χ3v) is 3.04. The van der Waals surface area contributed by atoms with Crippen molar-refractivity contribution in [2.45, 2.75) is 33.6 Å². The molecular weight excluding hydrogens is 224 g/mol. The van der Waals surface area contributed by atoms with Crippen LogP contribution in [0, 0.1) is 5.41 Å². The van der Waals surface area contributed by atoms with Gasteiger partial charge >= 0.3 is 0 Å². The Morgan fingerprint density at radius 3 is 2.50 bits per heavy atom. The summed E-state index contributed by atoms with van der Waals surface area (Å²) in [5.41, 5.74) is 2.14. The standard InChI is InChI=1S/C16H24O2/c1-12(2)13-6-7-15(18-5)14(10-13)8-9-16(3,4)11-17/h6-10,12,17H,11H2,1-5H3/b9-8+. The number of hydrogen-bond donors (Lipinski definition) is 1. The van der Waals surface area contributed by atoms with E-state index in [4.69, 9.17) is 4.74 Å². The number of hydrogen-bond acceptors (Lipinski definition) is 2. The van der Waals surface area contributed by atoms with Crippen LogP contribution in [0.1, 0.15) is 44.7 Å². The van der Waals surface area contributed by atoms with Gasteiger partial charge in [0, 0.05) is 11.0 Å². The zero-order chi connectivity index (χ0) is 13.8. The highest BCUT2D eigenvalue weighted by atomic mass is 16.5. The molecule has 18 heavy (non-hydrogen) atoms. The molecule has 0 bridgehead atoms. The predicted octanol–water partition coefficient (Wildman–Crippen LogP) is 3.85. The molecule has 0 aliphatic rings. The van der Waals surface area contributed by atoms with Gasteiger partial charge in [-0.25, -0.2) is 0 Å². The highest BCUT2D eigenvalue weighted by Crippen LogP contribution is 2.27. The fourth-order valence-corrected chi connectivity index (χ4v) is 1.61. The Morgan fingerprint density at radius 1 is 1.33 bits per heavy atom. The van der Waals surface area contributed by atoms with Gasteiger partial charge in [0.15, 0.2) is 0 Å². The SMILES string of the molecule is COc1ccc(C(C)C)cc1/C=C/C(C)(C)CO. The first kappa shape index (κ1) is 14.8. The average Bonchev–Trinajstić information content (AvgIpc) is 2.36. The van der Waals surface area contributed by atoms with Crippen LogP contribution in [0.3, 0.4) is 0 Å². The van der Waals surface area contributed by atoms with Gasteiger partial charge < -0.3 is 9.84 Å². The van der Waals surface area contributed by atoms with E-state index in [-0.39, 0.29) is 12.0 Å². The lowest BCUT2D eigenvalue weighted by Crippen LogP contribution is -2.12. The highest BCUT2D eigenvalue weighted by Gasteiger charge is 2.12. The summed E-state index contributed by atoms with van der Waals surface area (Å²) in [6, 6.07) is 6.24. The molecule has 0 spiro atoms. The van der Waals surface area contributed by atoms with E-state index in [0.29, 0.717) is 5.92 Å². The van der Waals surface area contributed by atoms with E-state index in [0.717, 1.165) is 11.3 Å². The molecule has 0 radical (unpaired) electrons. The van der Waals surface area contributed by atoms with Gasteiger partial charge in [-0.1, -0.05) is 45.9 Å². The maximum atomic E-state index is 9.26. The molecule has 0 amide bonds. The number of methoxy groups -OCH3 is 1. The second kappa shape index (κ2) is 6.05. The van der Waals surface area contributed by atoms with Crippen LogP contribution in [0.2, 0.25) is 0 Å². The maximum absolute atomic E-state index is 9.26. The first-order valence-corrected chi connectivity index (χ1v) is 6.37. The van der Waals surface area contributed by atoms with Crippen LogP contribution < -0.4 is 4.74 Å². The van der Waals surface area contributed by atoms with Gasteiger partial charge in [0.25, 0.3) is 0 Å². The third-order valence-electron chi connectivity index (χ3n) is 3.04. The first-order valence-electron chi connectivity index (χ1n) is 6.37. The van der Waals surface area contributed by atoms with Crippen LogP contribution in [-0.4, -0.2) is 18.8 Å². The molecule has 0 atom stereocenters. The highest BCUT2D eigenvalue weighted by molar-refractivity contribution is 5.59. The zero-order valence-corrected chi connectivity index (χ0v) is 12.0. The van der Waals surface area contributed by atoms with E-state index >= 15 is 0 Å². The molecular formula is C16H24O2. The minimum Gasteiger partial charge on any atom is -0.496 e. The van der Waals surface area contributed by atoms with E-state index in [1.165, 1.54) is 5.56 Å². The average molecular weight is 248 g/mol. The molecule has 2 nitrogen and oxygen atoms in total. The van der Waals surface area contributed by atoms with Gasteiger partial charge in [-0.15, -0.1) is 0 Å². The molecule has 0 saturated carbocycles. The summed E-state index contributed by atoms with van der Waals surface area (Å²) in [5, 5.41) is 9.26. The summed E-state index contributed by atoms with van der Waals surface area (Å²) in [7, 11) is 1.68. The topological polar surface area (TPSA) is 29.5 Å². The summed E-state index contributed by atoms with van der Waals surface area (Å²) in [4.78, 5) is 0. The summed E-state index contributed by atoms with van der Waals surface area (Å²) in [5.74, 6) is 1.36. The molecule has 0 aromatic heterocycles. The molecule has 0 aliphatic carbocycles. The fourth-order valence-electron chi connectivity index (χ4n) is 1.61. The van der Waals surface area contributed by atoms with Crippen LogP contribution in [0.25, 0.3) is 6.08 Å². The summed E-state index contributed by atoms with van der Waals surface area (Å²) in [6.07, 6.45) is 4.05. The van der Waals surface area contributed by atoms with Crippen molar-refractivity contribution in [3.8, 4) is 5.75 Å². The molecule has 0 heterocycles. The van der Waals surface area contributed by atoms with Crippen molar-refractivity contribution in [1.82, 2.24) is 0 Å². The Morgan fingerprint density at radius 2 is 2.00 bits per heavy atom. The molecule has 1 N–H and O–H groups in total. The van der Waals surface area contributed by atoms with E-state index in [2.05, 4.69) is 26.0 Å². The molecule has 0 saturated heterocycles. The predicted molar refractivity (Wildman–Crippen MR) is 77.0 cm³/mol. The second-order valence-corrected chi connectivity index (χ2v) is 5.64. The minimum atomic E-state index is -0.209. The van der Waals surface area contributed by atoms with E-state index in [1.54, 1.807) is 7.11 Å². The van der Waals surface area contributed by atoms with Crippen molar-refractivity contribution in [1.29, 1.82) is 0 Å². The molecule has 1 aromatic carbocycles. The minimum absolute atomic E-state index is 0.135. The number of aliphatic hydroxyl groups excluding tert-OH is 1. The van der Waals surface area contributed by atoms with Crippen molar-refractivity contribution in [2.75, 3.05) is 13.7 Å². The molecule has 0 fully saturated rings. The second-order valence-electron chi connectivity index (χ2n) is 5.64. The molecule has 2 heteroatoms. The molecule has 1 aromatic rings. The van der Waals surface area contributed by atoms with Gasteiger partial charge in [-0.3, -0.25) is 0 Å². The summed E-state index contributed by atoms with van der Waals surface area (Å²) < 4.78 is 5.37. The van der Waals surface area contributed by atoms with Crippen LogP contribution in [0.5, 0.6) is 5.75 Å². The third kappa shape index (κ3) is 3.88. The van der Waals surface area contributed by atoms with Crippen LogP contribution >= 0.6 is 0 Å². The molecule has 0 unspecified atom stereocenters. The van der Waals surface area contributed by atoms with Gasteiger partial charge in [0.1, 0.15) is 5.75 Å². The molecule has 100 valence electrons. The van der Waals surface area contributed by atoms with E-state index in [1.807, 2.05) is 32.1 Å². The quantitative estimate of drug-likeness (QED) is 0.857. The Hall–Kier alpha value is -1.28. The Balaban J connectivity index is 3.09. The van der Waals surface area contributed by atoms with Gasteiger partial charge in [-0.05, 0) is 23.6 Å². The van der Waals surface area contributed by atoms with Crippen molar-refractivity contribution in [3.05, 3.63) is 35.4 Å². The number of ether oxygens (including phenoxy) is 1. The number of aliphatic hydroxyl groups is 1. The monoisotopic (exact) mass is 248 g/mol. The van der Waals surface area contributed by atoms with Gasteiger partial charge in [0.2, 0.25) is 0 Å². The summed E-state index contributed by atoms with van der Waals surface area (Å²) in [6.45, 7) is 8.49. The Labute approximate surface area is 110 Å². The number of benzene rings is 1. The first-order chi connectivity index (χ1) is 8.39. The molecule has 0 aliphatic heterocycles. The largest absolute Gasteiger partial charge is 0.496 e. The summed E-state index contributed by atoms with van der Waals surface area (Å²) >= 11 is 0. The van der Waals surface area contributed by atoms with Gasteiger partial charge in [-0.2, -0.15) is 0 Å². The lowest BCUT2D eigenvalue weighted by molar-refractivity contribution is 0.200. The lowest BCUT2D eigenvalue weighted by Gasteiger charge is -2.16. The van der Waals surface area contributed by atoms with Crippen LogP contribution in [0.4, 0.5) is 0 Å². The number of rotatable bonds is 5. The fraction of sp³-hybridized carbons (Fsp3) is 0.500. The van der Waals surface area contributed by atoms with Crippen LogP contribution in [0.15, 0.2) is 24.3 Å². The Bertz CT molecular complexity index is 417. The Kier molecular flexibility index (Phi) is 4.97. The van der Waals surface area contributed by atoms with Crippen LogP contribution in [-0.2, 0) is 0 Å². The maximum Gasteiger partial charge on any atom is 0.126 e. The van der Waals surface area contributed by atoms with E-state index < -0.39 is 0 Å². The smallest absolute Gasteiger partial charge is 0.126 e. The van der Waals surface area contributed by atoms with Crippen molar-refractivity contribution in [2.24, 2.45) is 5.41 Å². The van der Waals surface area contributed by atoms with Gasteiger partial charge in [0.05, 0.1) is 13.7 Å². The lowest BCUT2D eigenvalue weighted by atomic mass is 9.92. The van der Waals surface area contributed by atoms with Crippen molar-refractivity contribution in [3.63, 3.8) is 0 Å². The van der Waals surface area contributed by atoms with E-state index in [9.17, 15) is 5.11 Å². The normalized spacial score (nSPS) is 12.4.